The zero-order valence-electron chi connectivity index (χ0n) is 14.4. The van der Waals surface area contributed by atoms with Gasteiger partial charge in [0.2, 0.25) is 0 Å². The molecule has 0 radical (unpaired) electrons. The first kappa shape index (κ1) is 18.9. The number of nitrogens with zero attached hydrogens (tertiary/aromatic N) is 1. The normalized spacial score (nSPS) is 10.1. The first-order valence-corrected chi connectivity index (χ1v) is 7.86. The van der Waals surface area contributed by atoms with E-state index in [4.69, 9.17) is 9.47 Å². The minimum atomic E-state index is -0.558. The van der Waals surface area contributed by atoms with E-state index < -0.39 is 16.8 Å². The number of rotatable bonds is 7. The van der Waals surface area contributed by atoms with Gasteiger partial charge in [-0.15, -0.1) is 0 Å². The fourth-order valence-corrected chi connectivity index (χ4v) is 2.19. The van der Waals surface area contributed by atoms with Gasteiger partial charge in [-0.2, -0.15) is 0 Å². The number of para-hydroxylation sites is 1. The van der Waals surface area contributed by atoms with Gasteiger partial charge in [0.25, 0.3) is 11.6 Å². The van der Waals surface area contributed by atoms with E-state index in [0.717, 1.165) is 0 Å². The third kappa shape index (κ3) is 4.79. The summed E-state index contributed by atoms with van der Waals surface area (Å²) in [5.41, 5.74) is 0.909. The Morgan fingerprint density at radius 2 is 1.85 bits per heavy atom. The van der Waals surface area contributed by atoms with Crippen LogP contribution in [0.5, 0.6) is 5.75 Å². The van der Waals surface area contributed by atoms with Crippen LogP contribution in [0.25, 0.3) is 0 Å². The Morgan fingerprint density at radius 3 is 2.46 bits per heavy atom. The molecule has 2 aromatic rings. The molecule has 0 atom stereocenters. The monoisotopic (exact) mass is 358 g/mol. The van der Waals surface area contributed by atoms with Gasteiger partial charge in [0.15, 0.2) is 6.61 Å². The van der Waals surface area contributed by atoms with Crippen LogP contribution < -0.4 is 10.1 Å². The van der Waals surface area contributed by atoms with Crippen molar-refractivity contribution in [2.75, 3.05) is 18.5 Å². The molecule has 0 aromatic heterocycles. The van der Waals surface area contributed by atoms with Crippen molar-refractivity contribution in [1.29, 1.82) is 0 Å². The van der Waals surface area contributed by atoms with Gasteiger partial charge in [0.1, 0.15) is 11.4 Å². The van der Waals surface area contributed by atoms with Gasteiger partial charge in [-0.25, -0.2) is 4.79 Å². The number of nitrogens with one attached hydrogen (secondary N) is 1. The van der Waals surface area contributed by atoms with Crippen molar-refractivity contribution in [2.24, 2.45) is 0 Å². The second-order valence-corrected chi connectivity index (χ2v) is 5.31. The summed E-state index contributed by atoms with van der Waals surface area (Å²) in [4.78, 5) is 34.1. The van der Waals surface area contributed by atoms with Crippen LogP contribution >= 0.6 is 0 Å². The molecule has 1 N–H and O–H groups in total. The van der Waals surface area contributed by atoms with E-state index in [2.05, 4.69) is 5.32 Å². The molecule has 136 valence electrons. The Morgan fingerprint density at radius 1 is 1.15 bits per heavy atom. The van der Waals surface area contributed by atoms with Crippen LogP contribution in [0.4, 0.5) is 11.4 Å². The predicted molar refractivity (Wildman–Crippen MR) is 94.4 cm³/mol. The summed E-state index contributed by atoms with van der Waals surface area (Å²) in [5.74, 6) is -0.590. The summed E-state index contributed by atoms with van der Waals surface area (Å²) < 4.78 is 10.2. The summed E-state index contributed by atoms with van der Waals surface area (Å²) in [6, 6.07) is 10.7. The minimum Gasteiger partial charge on any atom is -0.484 e. The molecule has 0 aliphatic rings. The van der Waals surface area contributed by atoms with Gasteiger partial charge in [-0.1, -0.05) is 12.1 Å². The fourth-order valence-electron chi connectivity index (χ4n) is 2.19. The molecular weight excluding hydrogens is 340 g/mol. The molecule has 2 aromatic carbocycles. The summed E-state index contributed by atoms with van der Waals surface area (Å²) in [7, 11) is 0. The predicted octanol–water partition coefficient (Wildman–Crippen LogP) is 3.10. The van der Waals surface area contributed by atoms with Crippen molar-refractivity contribution < 1.29 is 24.0 Å². The van der Waals surface area contributed by atoms with Crippen LogP contribution in [0.1, 0.15) is 22.8 Å². The number of nitro groups is 1. The Kier molecular flexibility index (Phi) is 6.26. The van der Waals surface area contributed by atoms with E-state index in [1.165, 1.54) is 30.3 Å². The topological polar surface area (TPSA) is 108 Å². The molecular formula is C18H18N2O6. The van der Waals surface area contributed by atoms with Crippen LogP contribution in [-0.4, -0.2) is 30.0 Å². The molecule has 0 saturated heterocycles. The highest BCUT2D eigenvalue weighted by Crippen LogP contribution is 2.27. The second kappa shape index (κ2) is 8.61. The van der Waals surface area contributed by atoms with Crippen LogP contribution in [0.3, 0.4) is 0 Å². The number of ether oxygens (including phenoxy) is 2. The molecule has 26 heavy (non-hydrogen) atoms. The molecule has 0 aliphatic carbocycles. The maximum Gasteiger partial charge on any atom is 0.338 e. The van der Waals surface area contributed by atoms with Gasteiger partial charge < -0.3 is 14.8 Å². The highest BCUT2D eigenvalue weighted by Gasteiger charge is 2.18. The maximum atomic E-state index is 12.0. The zero-order valence-corrected chi connectivity index (χ0v) is 14.4. The number of benzene rings is 2. The highest BCUT2D eigenvalue weighted by atomic mass is 16.6. The van der Waals surface area contributed by atoms with Crippen molar-refractivity contribution in [2.45, 2.75) is 13.8 Å². The van der Waals surface area contributed by atoms with Crippen LogP contribution in [0, 0.1) is 17.0 Å². The first-order valence-electron chi connectivity index (χ1n) is 7.86. The Hall–Kier alpha value is -3.42. The summed E-state index contributed by atoms with van der Waals surface area (Å²) in [6.07, 6.45) is 0. The van der Waals surface area contributed by atoms with E-state index in [0.29, 0.717) is 16.9 Å². The number of nitro benzene ring substituents is 1. The fraction of sp³-hybridized carbons (Fsp3) is 0.222. The summed E-state index contributed by atoms with van der Waals surface area (Å²) >= 11 is 0. The molecule has 0 spiro atoms. The molecule has 0 heterocycles. The quantitative estimate of drug-likeness (QED) is 0.463. The molecule has 0 aliphatic heterocycles. The van der Waals surface area contributed by atoms with E-state index >= 15 is 0 Å². The smallest absolute Gasteiger partial charge is 0.338 e. The average molecular weight is 358 g/mol. The number of esters is 1. The maximum absolute atomic E-state index is 12.0. The highest BCUT2D eigenvalue weighted by molar-refractivity contribution is 5.95. The van der Waals surface area contributed by atoms with Crippen molar-refractivity contribution >= 4 is 23.3 Å². The number of anilines is 1. The Bertz CT molecular complexity index is 817. The van der Waals surface area contributed by atoms with Crippen LogP contribution in [0.2, 0.25) is 0 Å². The van der Waals surface area contributed by atoms with Gasteiger partial charge in [-0.3, -0.25) is 14.9 Å². The number of hydrogen-bond donors (Lipinski definition) is 1. The second-order valence-electron chi connectivity index (χ2n) is 5.31. The number of amides is 1. The lowest BCUT2D eigenvalue weighted by atomic mass is 10.1. The molecule has 1 amide bonds. The van der Waals surface area contributed by atoms with Crippen LogP contribution in [0.15, 0.2) is 42.5 Å². The largest absolute Gasteiger partial charge is 0.484 e. The average Bonchev–Trinajstić information content (AvgIpc) is 2.62. The molecule has 8 nitrogen and oxygen atoms in total. The molecule has 2 rings (SSSR count). The lowest BCUT2D eigenvalue weighted by molar-refractivity contribution is -0.384. The lowest BCUT2D eigenvalue weighted by Crippen LogP contribution is -2.21. The van der Waals surface area contributed by atoms with Crippen LogP contribution in [-0.2, 0) is 9.53 Å². The number of carbonyl (C=O) groups is 2. The van der Waals surface area contributed by atoms with Gasteiger partial charge in [0.05, 0.1) is 17.1 Å². The van der Waals surface area contributed by atoms with E-state index in [-0.39, 0.29) is 24.6 Å². The summed E-state index contributed by atoms with van der Waals surface area (Å²) in [6.45, 7) is 3.33. The lowest BCUT2D eigenvalue weighted by Gasteiger charge is -2.10. The van der Waals surface area contributed by atoms with E-state index in [1.54, 1.807) is 26.0 Å². The Balaban J connectivity index is 1.98. The number of carbonyl (C=O) groups excluding carboxylic acids is 2. The third-order valence-corrected chi connectivity index (χ3v) is 3.45. The first-order chi connectivity index (χ1) is 12.4. The van der Waals surface area contributed by atoms with Gasteiger partial charge >= 0.3 is 5.97 Å². The van der Waals surface area contributed by atoms with E-state index in [1.807, 2.05) is 0 Å². The molecule has 8 heteroatoms. The van der Waals surface area contributed by atoms with Crippen molar-refractivity contribution in [3.8, 4) is 5.75 Å². The molecule has 0 bridgehead atoms. The van der Waals surface area contributed by atoms with Crippen molar-refractivity contribution in [3.05, 3.63) is 63.7 Å². The molecule has 0 unspecified atom stereocenters. The third-order valence-electron chi connectivity index (χ3n) is 3.45. The van der Waals surface area contributed by atoms with Crippen molar-refractivity contribution in [1.82, 2.24) is 0 Å². The van der Waals surface area contributed by atoms with Gasteiger partial charge in [-0.05, 0) is 43.7 Å². The van der Waals surface area contributed by atoms with Gasteiger partial charge in [0, 0.05) is 6.07 Å². The van der Waals surface area contributed by atoms with Crippen molar-refractivity contribution in [3.63, 3.8) is 0 Å². The number of hydrogen-bond acceptors (Lipinski definition) is 6. The summed E-state index contributed by atoms with van der Waals surface area (Å²) in [5, 5.41) is 13.6. The molecule has 0 saturated carbocycles. The zero-order chi connectivity index (χ0) is 19.1. The number of aryl methyl sites for hydroxylation is 1. The minimum absolute atomic E-state index is 0.142. The standard InChI is InChI=1S/C18H18N2O6/c1-3-25-18(22)13-7-9-14(10-8-13)26-11-16(21)19-17-12(2)5-4-6-15(17)20(23)24/h4-10H,3,11H2,1-2H3,(H,19,21). The SMILES string of the molecule is CCOC(=O)c1ccc(OCC(=O)Nc2c(C)cccc2[N+](=O)[O-])cc1. The Labute approximate surface area is 149 Å². The van der Waals surface area contributed by atoms with E-state index in [9.17, 15) is 19.7 Å². The molecule has 0 fully saturated rings.